The van der Waals surface area contributed by atoms with Gasteiger partial charge in [-0.25, -0.2) is 8.42 Å². The third-order valence-corrected chi connectivity index (χ3v) is 8.56. The standard InChI is InChI=1S/C25H21Cl2N3O4S/c1-14-5-6-15(26)11-24(14)29-35(33,34)17-8-10-23-20(13-17)18-3-2-4-19(18)25(28-23)21-12-16(30(31)32)7-9-22(21)27/h2-3,5-13,18-19,25,28-29H,4H2,1H3/t18-,19+,25-/m0/s1. The molecule has 5 rings (SSSR count). The first-order chi connectivity index (χ1) is 16.6. The van der Waals surface area contributed by atoms with Crippen molar-refractivity contribution in [1.29, 1.82) is 0 Å². The lowest BCUT2D eigenvalue weighted by Gasteiger charge is -2.38. The Labute approximate surface area is 213 Å². The summed E-state index contributed by atoms with van der Waals surface area (Å²) in [6, 6.07) is 14.2. The number of nitro groups is 1. The SMILES string of the molecule is Cc1ccc(Cl)cc1NS(=O)(=O)c1ccc2c(c1)[C@H]1C=CC[C@H]1[C@@H](c1cc([N+](=O)[O-])ccc1Cl)N2. The van der Waals surface area contributed by atoms with Crippen LogP contribution in [0.5, 0.6) is 0 Å². The molecule has 10 heteroatoms. The van der Waals surface area contributed by atoms with Crippen LogP contribution in [0.15, 0.2) is 71.6 Å². The minimum absolute atomic E-state index is 0.0247. The molecule has 0 amide bonds. The van der Waals surface area contributed by atoms with Crippen LogP contribution in [0.1, 0.15) is 35.1 Å². The molecule has 35 heavy (non-hydrogen) atoms. The van der Waals surface area contributed by atoms with Gasteiger partial charge in [0.25, 0.3) is 15.7 Å². The third kappa shape index (κ3) is 4.37. The Morgan fingerprint density at radius 1 is 1.06 bits per heavy atom. The number of fused-ring (bicyclic) bond motifs is 3. The van der Waals surface area contributed by atoms with Crippen molar-refractivity contribution in [3.8, 4) is 0 Å². The molecule has 1 aliphatic heterocycles. The molecule has 0 unspecified atom stereocenters. The van der Waals surface area contributed by atoms with Crippen LogP contribution in [0, 0.1) is 23.0 Å². The van der Waals surface area contributed by atoms with E-state index in [1.54, 1.807) is 49.4 Å². The summed E-state index contributed by atoms with van der Waals surface area (Å²) in [5, 5.41) is 15.7. The topological polar surface area (TPSA) is 101 Å². The van der Waals surface area contributed by atoms with Gasteiger partial charge in [0.15, 0.2) is 0 Å². The molecule has 1 heterocycles. The predicted octanol–water partition coefficient (Wildman–Crippen LogP) is 6.84. The molecule has 2 N–H and O–H groups in total. The van der Waals surface area contributed by atoms with Crippen LogP contribution in [0.4, 0.5) is 17.1 Å². The molecule has 0 aromatic heterocycles. The summed E-state index contributed by atoms with van der Waals surface area (Å²) in [5.74, 6) is -0.0299. The van der Waals surface area contributed by atoms with Gasteiger partial charge in [0.05, 0.1) is 21.5 Å². The highest BCUT2D eigenvalue weighted by Crippen LogP contribution is 2.51. The van der Waals surface area contributed by atoms with Crippen molar-refractivity contribution < 1.29 is 13.3 Å². The number of halogens is 2. The Morgan fingerprint density at radius 2 is 1.86 bits per heavy atom. The highest BCUT2D eigenvalue weighted by Gasteiger charge is 2.39. The predicted molar refractivity (Wildman–Crippen MR) is 138 cm³/mol. The molecule has 180 valence electrons. The number of anilines is 2. The van der Waals surface area contributed by atoms with Gasteiger partial charge in [-0.3, -0.25) is 14.8 Å². The number of sulfonamides is 1. The summed E-state index contributed by atoms with van der Waals surface area (Å²) in [6.45, 7) is 1.80. The average molecular weight is 530 g/mol. The third-order valence-electron chi connectivity index (χ3n) is 6.61. The summed E-state index contributed by atoms with van der Waals surface area (Å²) in [6.07, 6.45) is 4.85. The van der Waals surface area contributed by atoms with E-state index in [1.807, 2.05) is 0 Å². The number of hydrogen-bond acceptors (Lipinski definition) is 5. The van der Waals surface area contributed by atoms with Crippen LogP contribution in [0.3, 0.4) is 0 Å². The molecule has 0 saturated heterocycles. The zero-order valence-electron chi connectivity index (χ0n) is 18.5. The molecule has 0 bridgehead atoms. The number of rotatable bonds is 5. The molecular formula is C25H21Cl2N3O4S. The van der Waals surface area contributed by atoms with E-state index in [0.717, 1.165) is 23.2 Å². The lowest BCUT2D eigenvalue weighted by atomic mass is 9.77. The molecule has 2 aliphatic rings. The average Bonchev–Trinajstić information content (AvgIpc) is 3.31. The molecular weight excluding hydrogens is 509 g/mol. The molecule has 0 spiro atoms. The summed E-state index contributed by atoms with van der Waals surface area (Å²) in [5.41, 5.74) is 3.43. The van der Waals surface area contributed by atoms with Crippen molar-refractivity contribution in [2.45, 2.75) is 30.2 Å². The quantitative estimate of drug-likeness (QED) is 0.214. The summed E-state index contributed by atoms with van der Waals surface area (Å²) in [4.78, 5) is 11.0. The van der Waals surface area contributed by atoms with Gasteiger partial charge in [0.2, 0.25) is 0 Å². The molecule has 0 radical (unpaired) electrons. The van der Waals surface area contributed by atoms with Crippen LogP contribution in [-0.4, -0.2) is 13.3 Å². The van der Waals surface area contributed by atoms with Crippen molar-refractivity contribution in [2.24, 2.45) is 5.92 Å². The number of nitrogens with zero attached hydrogens (tertiary/aromatic N) is 1. The largest absolute Gasteiger partial charge is 0.378 e. The van der Waals surface area contributed by atoms with E-state index in [-0.39, 0.29) is 28.5 Å². The summed E-state index contributed by atoms with van der Waals surface area (Å²) in [7, 11) is -3.86. The van der Waals surface area contributed by atoms with Crippen molar-refractivity contribution in [1.82, 2.24) is 0 Å². The molecule has 7 nitrogen and oxygen atoms in total. The van der Waals surface area contributed by atoms with Crippen molar-refractivity contribution in [2.75, 3.05) is 10.0 Å². The zero-order chi connectivity index (χ0) is 24.9. The van der Waals surface area contributed by atoms with E-state index in [2.05, 4.69) is 22.2 Å². The van der Waals surface area contributed by atoms with E-state index in [9.17, 15) is 18.5 Å². The first-order valence-electron chi connectivity index (χ1n) is 10.9. The first-order valence-corrected chi connectivity index (χ1v) is 13.2. The van der Waals surface area contributed by atoms with E-state index in [0.29, 0.717) is 21.3 Å². The second-order valence-electron chi connectivity index (χ2n) is 8.75. The molecule has 0 saturated carbocycles. The molecule has 3 aromatic carbocycles. The van der Waals surface area contributed by atoms with Gasteiger partial charge >= 0.3 is 0 Å². The van der Waals surface area contributed by atoms with E-state index in [4.69, 9.17) is 23.2 Å². The zero-order valence-corrected chi connectivity index (χ0v) is 20.9. The maximum absolute atomic E-state index is 13.2. The Hall–Kier alpha value is -3.07. The Balaban J connectivity index is 1.52. The highest BCUT2D eigenvalue weighted by atomic mass is 35.5. The fourth-order valence-corrected chi connectivity index (χ4v) is 6.40. The number of non-ortho nitro benzene ring substituents is 1. The fourth-order valence-electron chi connectivity index (χ4n) is 4.84. The molecule has 3 aromatic rings. The Morgan fingerprint density at radius 3 is 2.63 bits per heavy atom. The van der Waals surface area contributed by atoms with Crippen molar-refractivity contribution in [3.63, 3.8) is 0 Å². The molecule has 1 aliphatic carbocycles. The molecule has 0 fully saturated rings. The number of aryl methyl sites for hydroxylation is 1. The van der Waals surface area contributed by atoms with Gasteiger partial charge in [0, 0.05) is 39.3 Å². The minimum Gasteiger partial charge on any atom is -0.378 e. The van der Waals surface area contributed by atoms with E-state index >= 15 is 0 Å². The van der Waals surface area contributed by atoms with Crippen LogP contribution in [0.25, 0.3) is 0 Å². The van der Waals surface area contributed by atoms with Gasteiger partial charge in [0.1, 0.15) is 0 Å². The number of nitrogens with one attached hydrogen (secondary N) is 2. The van der Waals surface area contributed by atoms with Gasteiger partial charge in [-0.1, -0.05) is 41.4 Å². The van der Waals surface area contributed by atoms with E-state index < -0.39 is 14.9 Å². The lowest BCUT2D eigenvalue weighted by molar-refractivity contribution is -0.384. The fraction of sp³-hybridized carbons (Fsp3) is 0.200. The molecule has 3 atom stereocenters. The van der Waals surface area contributed by atoms with E-state index in [1.165, 1.54) is 12.1 Å². The normalized spacial score (nSPS) is 20.6. The van der Waals surface area contributed by atoms with Crippen LogP contribution >= 0.6 is 23.2 Å². The van der Waals surface area contributed by atoms with Crippen LogP contribution in [-0.2, 0) is 10.0 Å². The van der Waals surface area contributed by atoms with Gasteiger partial charge in [-0.15, -0.1) is 0 Å². The number of hydrogen-bond donors (Lipinski definition) is 2. The summed E-state index contributed by atoms with van der Waals surface area (Å²) >= 11 is 12.5. The maximum atomic E-state index is 13.2. The number of benzene rings is 3. The monoisotopic (exact) mass is 529 g/mol. The van der Waals surface area contributed by atoms with Gasteiger partial charge in [-0.2, -0.15) is 0 Å². The number of nitro benzene ring substituents is 1. The smallest absolute Gasteiger partial charge is 0.269 e. The lowest BCUT2D eigenvalue weighted by Crippen LogP contribution is -2.29. The first kappa shape index (κ1) is 23.7. The highest BCUT2D eigenvalue weighted by molar-refractivity contribution is 7.92. The Bertz CT molecular complexity index is 1490. The number of allylic oxidation sites excluding steroid dienone is 2. The van der Waals surface area contributed by atoms with Gasteiger partial charge < -0.3 is 5.32 Å². The minimum atomic E-state index is -3.86. The van der Waals surface area contributed by atoms with Gasteiger partial charge in [-0.05, 0) is 66.8 Å². The second-order valence-corrected chi connectivity index (χ2v) is 11.3. The Kier molecular flexibility index (Phi) is 5.99. The van der Waals surface area contributed by atoms with Crippen LogP contribution < -0.4 is 10.0 Å². The second kappa shape index (κ2) is 8.86. The van der Waals surface area contributed by atoms with Crippen molar-refractivity contribution >= 4 is 50.3 Å². The van der Waals surface area contributed by atoms with Crippen LogP contribution in [0.2, 0.25) is 10.0 Å². The maximum Gasteiger partial charge on any atom is 0.269 e. The summed E-state index contributed by atoms with van der Waals surface area (Å²) < 4.78 is 29.0. The van der Waals surface area contributed by atoms with Crippen molar-refractivity contribution in [3.05, 3.63) is 104 Å².